The molecule has 0 heterocycles. The van der Waals surface area contributed by atoms with Crippen molar-refractivity contribution in [3.05, 3.63) is 0 Å². The summed E-state index contributed by atoms with van der Waals surface area (Å²) in [4.78, 5) is 22.6. The summed E-state index contributed by atoms with van der Waals surface area (Å²) in [6.07, 6.45) is 1.79. The van der Waals surface area contributed by atoms with Gasteiger partial charge in [-0.25, -0.2) is 0 Å². The van der Waals surface area contributed by atoms with Crippen LogP contribution in [0, 0.1) is 0 Å². The fourth-order valence-corrected chi connectivity index (χ4v) is 1.32. The molecule has 0 fully saturated rings. The molecule has 5 nitrogen and oxygen atoms in total. The molecule has 2 amide bonds. The van der Waals surface area contributed by atoms with E-state index in [0.717, 1.165) is 12.8 Å². The number of nitrogens with one attached hydrogen (secondary N) is 2. The van der Waals surface area contributed by atoms with Gasteiger partial charge >= 0.3 is 11.8 Å². The van der Waals surface area contributed by atoms with Gasteiger partial charge < -0.3 is 16.4 Å². The molecule has 0 bridgehead atoms. The van der Waals surface area contributed by atoms with Crippen molar-refractivity contribution in [2.45, 2.75) is 39.2 Å². The zero-order chi connectivity index (χ0) is 11.9. The minimum Gasteiger partial charge on any atom is -0.347 e. The molecule has 0 spiro atoms. The maximum Gasteiger partial charge on any atom is 0.309 e. The van der Waals surface area contributed by atoms with Gasteiger partial charge in [-0.1, -0.05) is 13.3 Å². The molecule has 0 aliphatic rings. The van der Waals surface area contributed by atoms with Gasteiger partial charge in [0.25, 0.3) is 0 Å². The molecule has 0 aromatic heterocycles. The highest BCUT2D eigenvalue weighted by molar-refractivity contribution is 6.35. The molecule has 0 saturated carbocycles. The lowest BCUT2D eigenvalue weighted by molar-refractivity contribution is -0.140. The molecule has 0 unspecified atom stereocenters. The third kappa shape index (κ3) is 6.06. The summed E-state index contributed by atoms with van der Waals surface area (Å²) in [5, 5.41) is 5.09. The lowest BCUT2D eigenvalue weighted by Gasteiger charge is -2.25. The Morgan fingerprint density at radius 2 is 1.87 bits per heavy atom. The first-order valence-electron chi connectivity index (χ1n) is 5.23. The number of nitrogens with two attached hydrogens (primary N) is 1. The van der Waals surface area contributed by atoms with E-state index in [9.17, 15) is 9.59 Å². The first kappa shape index (κ1) is 13.9. The zero-order valence-corrected chi connectivity index (χ0v) is 9.72. The Balaban J connectivity index is 4.06. The Bertz CT molecular complexity index is 227. The zero-order valence-electron chi connectivity index (χ0n) is 9.72. The van der Waals surface area contributed by atoms with Crippen LogP contribution in [-0.4, -0.2) is 30.4 Å². The van der Waals surface area contributed by atoms with Crippen molar-refractivity contribution in [2.24, 2.45) is 5.73 Å². The summed E-state index contributed by atoms with van der Waals surface area (Å²) >= 11 is 0. The van der Waals surface area contributed by atoms with Crippen LogP contribution in [-0.2, 0) is 9.59 Å². The van der Waals surface area contributed by atoms with Crippen molar-refractivity contribution in [3.63, 3.8) is 0 Å². The van der Waals surface area contributed by atoms with E-state index in [-0.39, 0.29) is 5.54 Å². The second kappa shape index (κ2) is 6.40. The number of amides is 2. The standard InChI is InChI=1S/C10H21N3O2/c1-4-5-10(2,3)13-9(15)8(14)12-7-6-11/h4-7,11H2,1-3H3,(H,12,14)(H,13,15). The highest BCUT2D eigenvalue weighted by Gasteiger charge is 2.22. The van der Waals surface area contributed by atoms with E-state index in [2.05, 4.69) is 10.6 Å². The van der Waals surface area contributed by atoms with Crippen molar-refractivity contribution < 1.29 is 9.59 Å². The van der Waals surface area contributed by atoms with Gasteiger partial charge in [-0.2, -0.15) is 0 Å². The maximum absolute atomic E-state index is 11.4. The van der Waals surface area contributed by atoms with E-state index in [1.165, 1.54) is 0 Å². The Kier molecular flexibility index (Phi) is 5.93. The van der Waals surface area contributed by atoms with E-state index in [1.807, 2.05) is 20.8 Å². The minimum absolute atomic E-state index is 0.320. The molecule has 0 aliphatic carbocycles. The fourth-order valence-electron chi connectivity index (χ4n) is 1.32. The average molecular weight is 215 g/mol. The van der Waals surface area contributed by atoms with E-state index >= 15 is 0 Å². The third-order valence-corrected chi connectivity index (χ3v) is 1.96. The maximum atomic E-state index is 11.4. The van der Waals surface area contributed by atoms with Crippen molar-refractivity contribution in [1.82, 2.24) is 10.6 Å². The van der Waals surface area contributed by atoms with Crippen LogP contribution in [0.1, 0.15) is 33.6 Å². The quantitative estimate of drug-likeness (QED) is 0.553. The molecule has 15 heavy (non-hydrogen) atoms. The topological polar surface area (TPSA) is 84.2 Å². The summed E-state index contributed by atoms with van der Waals surface area (Å²) in [5.74, 6) is -1.22. The monoisotopic (exact) mass is 215 g/mol. The predicted octanol–water partition coefficient (Wildman–Crippen LogP) is -0.244. The Labute approximate surface area is 90.8 Å². The first-order chi connectivity index (χ1) is 6.93. The van der Waals surface area contributed by atoms with Gasteiger partial charge in [0, 0.05) is 18.6 Å². The largest absolute Gasteiger partial charge is 0.347 e. The highest BCUT2D eigenvalue weighted by atomic mass is 16.2. The predicted molar refractivity (Wildman–Crippen MR) is 59.2 cm³/mol. The van der Waals surface area contributed by atoms with E-state index in [4.69, 9.17) is 5.73 Å². The molecule has 0 radical (unpaired) electrons. The van der Waals surface area contributed by atoms with E-state index in [1.54, 1.807) is 0 Å². The second-order valence-corrected chi connectivity index (χ2v) is 4.13. The Morgan fingerprint density at radius 1 is 1.27 bits per heavy atom. The molecule has 0 aliphatic heterocycles. The first-order valence-corrected chi connectivity index (χ1v) is 5.23. The minimum atomic E-state index is -0.621. The molecule has 4 N–H and O–H groups in total. The summed E-state index contributed by atoms with van der Waals surface area (Å²) in [5.41, 5.74) is 4.86. The number of rotatable bonds is 5. The van der Waals surface area contributed by atoms with Crippen LogP contribution >= 0.6 is 0 Å². The summed E-state index contributed by atoms with van der Waals surface area (Å²) in [7, 11) is 0. The van der Waals surface area contributed by atoms with Crippen molar-refractivity contribution in [1.29, 1.82) is 0 Å². The molecule has 0 rings (SSSR count). The van der Waals surface area contributed by atoms with Crippen LogP contribution in [0.15, 0.2) is 0 Å². The second-order valence-electron chi connectivity index (χ2n) is 4.13. The SMILES string of the molecule is CCCC(C)(C)NC(=O)C(=O)NCCN. The van der Waals surface area contributed by atoms with Crippen LogP contribution in [0.5, 0.6) is 0 Å². The smallest absolute Gasteiger partial charge is 0.309 e. The van der Waals surface area contributed by atoms with Crippen LogP contribution in [0.4, 0.5) is 0 Å². The van der Waals surface area contributed by atoms with Crippen LogP contribution in [0.2, 0.25) is 0 Å². The summed E-state index contributed by atoms with van der Waals surface area (Å²) in [6, 6.07) is 0. The van der Waals surface area contributed by atoms with Gasteiger partial charge in [-0.3, -0.25) is 9.59 Å². The normalized spacial score (nSPS) is 10.9. The molecular weight excluding hydrogens is 194 g/mol. The third-order valence-electron chi connectivity index (χ3n) is 1.96. The molecule has 0 saturated heterocycles. The number of hydrogen-bond donors (Lipinski definition) is 3. The van der Waals surface area contributed by atoms with Crippen LogP contribution in [0.25, 0.3) is 0 Å². The van der Waals surface area contributed by atoms with Gasteiger partial charge in [-0.05, 0) is 20.3 Å². The Hall–Kier alpha value is -1.10. The lowest BCUT2D eigenvalue weighted by Crippen LogP contribution is -2.50. The fraction of sp³-hybridized carbons (Fsp3) is 0.800. The van der Waals surface area contributed by atoms with Crippen LogP contribution in [0.3, 0.4) is 0 Å². The van der Waals surface area contributed by atoms with Gasteiger partial charge in [-0.15, -0.1) is 0 Å². The molecular formula is C10H21N3O2. The molecule has 0 aromatic carbocycles. The average Bonchev–Trinajstić information content (AvgIpc) is 2.13. The molecule has 5 heteroatoms. The van der Waals surface area contributed by atoms with Crippen LogP contribution < -0.4 is 16.4 Å². The van der Waals surface area contributed by atoms with Gasteiger partial charge in [0.15, 0.2) is 0 Å². The summed E-state index contributed by atoms with van der Waals surface area (Å²) in [6.45, 7) is 6.47. The number of hydrogen-bond acceptors (Lipinski definition) is 3. The number of carbonyl (C=O) groups excluding carboxylic acids is 2. The van der Waals surface area contributed by atoms with Crippen molar-refractivity contribution >= 4 is 11.8 Å². The van der Waals surface area contributed by atoms with Gasteiger partial charge in [0.1, 0.15) is 0 Å². The van der Waals surface area contributed by atoms with Gasteiger partial charge in [0.05, 0.1) is 0 Å². The lowest BCUT2D eigenvalue weighted by atomic mass is 9.99. The molecule has 0 aromatic rings. The molecule has 0 atom stereocenters. The summed E-state index contributed by atoms with van der Waals surface area (Å²) < 4.78 is 0. The molecule has 88 valence electrons. The highest BCUT2D eigenvalue weighted by Crippen LogP contribution is 2.09. The van der Waals surface area contributed by atoms with Gasteiger partial charge in [0.2, 0.25) is 0 Å². The number of carbonyl (C=O) groups is 2. The Morgan fingerprint density at radius 3 is 2.33 bits per heavy atom. The van der Waals surface area contributed by atoms with Crippen molar-refractivity contribution in [2.75, 3.05) is 13.1 Å². The van der Waals surface area contributed by atoms with E-state index in [0.29, 0.717) is 13.1 Å². The van der Waals surface area contributed by atoms with Crippen molar-refractivity contribution in [3.8, 4) is 0 Å². The van der Waals surface area contributed by atoms with E-state index < -0.39 is 11.8 Å².